The second-order valence-electron chi connectivity index (χ2n) is 7.38. The maximum Gasteiger partial charge on any atom is 0.243 e. The van der Waals surface area contributed by atoms with E-state index in [0.29, 0.717) is 12.5 Å². The highest BCUT2D eigenvalue weighted by Crippen LogP contribution is 2.30. The molecule has 0 bridgehead atoms. The summed E-state index contributed by atoms with van der Waals surface area (Å²) < 4.78 is 5.41. The van der Waals surface area contributed by atoms with Gasteiger partial charge in [-0.1, -0.05) is 0 Å². The molecule has 2 fully saturated rings. The Hall–Kier alpha value is -2.87. The molecule has 28 heavy (non-hydrogen) atoms. The first-order chi connectivity index (χ1) is 13.8. The number of benzene rings is 1. The highest BCUT2D eigenvalue weighted by Gasteiger charge is 2.35. The minimum atomic E-state index is -0.114. The van der Waals surface area contributed by atoms with Crippen LogP contribution in [0.25, 0.3) is 0 Å². The van der Waals surface area contributed by atoms with Crippen molar-refractivity contribution in [2.24, 2.45) is 0 Å². The molecule has 0 spiro atoms. The summed E-state index contributed by atoms with van der Waals surface area (Å²) in [7, 11) is 0. The molecule has 0 aliphatic carbocycles. The van der Waals surface area contributed by atoms with Gasteiger partial charge in [-0.3, -0.25) is 4.79 Å². The number of anilines is 4. The predicted octanol–water partition coefficient (Wildman–Crippen LogP) is 1.66. The van der Waals surface area contributed by atoms with Crippen LogP contribution in [0.3, 0.4) is 0 Å². The predicted molar refractivity (Wildman–Crippen MR) is 107 cm³/mol. The summed E-state index contributed by atoms with van der Waals surface area (Å²) in [5.41, 5.74) is 3.10. The Labute approximate surface area is 163 Å². The molecule has 1 aromatic carbocycles. The van der Waals surface area contributed by atoms with Crippen LogP contribution >= 0.6 is 0 Å². The van der Waals surface area contributed by atoms with Crippen LogP contribution in [0, 0.1) is 0 Å². The SMILES string of the molecule is O=C1NCc2cnc(Nc3ccc(N4CCOCC4)cc3)nc2N2CCCC12. The number of nitrogens with zero attached hydrogens (tertiary/aromatic N) is 4. The third-order valence-electron chi connectivity index (χ3n) is 5.62. The lowest BCUT2D eigenvalue weighted by atomic mass is 10.2. The standard InChI is InChI=1S/C20H24N6O2/c27-19-17-2-1-7-26(17)18-14(12-21-19)13-22-20(24-18)23-15-3-5-16(6-4-15)25-8-10-28-11-9-25/h3-6,13,17H,1-2,7-12H2,(H,21,27)(H,22,23,24). The molecule has 2 saturated heterocycles. The maximum atomic E-state index is 12.3. The van der Waals surface area contributed by atoms with E-state index in [0.717, 1.165) is 62.8 Å². The van der Waals surface area contributed by atoms with Crippen molar-refractivity contribution in [3.05, 3.63) is 36.0 Å². The van der Waals surface area contributed by atoms with Crippen molar-refractivity contribution in [3.8, 4) is 0 Å². The lowest BCUT2D eigenvalue weighted by Gasteiger charge is -2.28. The fourth-order valence-electron chi connectivity index (χ4n) is 4.13. The van der Waals surface area contributed by atoms with Crippen molar-refractivity contribution in [2.75, 3.05) is 48.0 Å². The lowest BCUT2D eigenvalue weighted by molar-refractivity contribution is -0.122. The first-order valence-corrected chi connectivity index (χ1v) is 9.88. The van der Waals surface area contributed by atoms with Crippen molar-refractivity contribution < 1.29 is 9.53 Å². The normalized spacial score (nSPS) is 21.6. The number of amides is 1. The smallest absolute Gasteiger partial charge is 0.243 e. The van der Waals surface area contributed by atoms with Gasteiger partial charge in [-0.2, -0.15) is 4.98 Å². The number of carbonyl (C=O) groups excluding carboxylic acids is 1. The number of carbonyl (C=O) groups is 1. The molecule has 8 nitrogen and oxygen atoms in total. The van der Waals surface area contributed by atoms with Gasteiger partial charge in [-0.25, -0.2) is 4.98 Å². The molecule has 3 aliphatic heterocycles. The van der Waals surface area contributed by atoms with Gasteiger partial charge in [-0.15, -0.1) is 0 Å². The molecule has 0 radical (unpaired) electrons. The first kappa shape index (κ1) is 17.2. The summed E-state index contributed by atoms with van der Waals surface area (Å²) in [6, 6.07) is 8.19. The molecule has 3 aliphatic rings. The maximum absolute atomic E-state index is 12.3. The fourth-order valence-corrected chi connectivity index (χ4v) is 4.13. The van der Waals surface area contributed by atoms with E-state index in [9.17, 15) is 4.79 Å². The number of hydrogen-bond acceptors (Lipinski definition) is 7. The van der Waals surface area contributed by atoms with Crippen LogP contribution in [-0.4, -0.2) is 54.8 Å². The average Bonchev–Trinajstić information content (AvgIpc) is 3.19. The van der Waals surface area contributed by atoms with Crippen molar-refractivity contribution in [1.82, 2.24) is 15.3 Å². The largest absolute Gasteiger partial charge is 0.378 e. The average molecular weight is 380 g/mol. The van der Waals surface area contributed by atoms with Crippen molar-refractivity contribution >= 4 is 29.0 Å². The summed E-state index contributed by atoms with van der Waals surface area (Å²) in [6.45, 7) is 4.73. The molecule has 8 heteroatoms. The molecule has 1 atom stereocenters. The molecule has 1 unspecified atom stereocenters. The van der Waals surface area contributed by atoms with Crippen molar-refractivity contribution in [1.29, 1.82) is 0 Å². The highest BCUT2D eigenvalue weighted by atomic mass is 16.5. The van der Waals surface area contributed by atoms with Gasteiger partial charge in [0.15, 0.2) is 0 Å². The van der Waals surface area contributed by atoms with E-state index < -0.39 is 0 Å². The Morgan fingerprint density at radius 2 is 1.96 bits per heavy atom. The molecular weight excluding hydrogens is 356 g/mol. The molecule has 2 aromatic rings. The van der Waals surface area contributed by atoms with Gasteiger partial charge in [0.25, 0.3) is 0 Å². The van der Waals surface area contributed by atoms with E-state index in [-0.39, 0.29) is 11.9 Å². The molecule has 1 amide bonds. The Bertz CT molecular complexity index is 865. The summed E-state index contributed by atoms with van der Waals surface area (Å²) in [4.78, 5) is 25.9. The third-order valence-corrected chi connectivity index (χ3v) is 5.62. The number of hydrogen-bond donors (Lipinski definition) is 2. The van der Waals surface area contributed by atoms with Gasteiger partial charge in [-0.05, 0) is 37.1 Å². The number of aromatic nitrogens is 2. The molecule has 0 saturated carbocycles. The Balaban J connectivity index is 1.35. The van der Waals surface area contributed by atoms with E-state index in [1.165, 1.54) is 5.69 Å². The van der Waals surface area contributed by atoms with Crippen LogP contribution in [0.2, 0.25) is 0 Å². The van der Waals surface area contributed by atoms with Gasteiger partial charge in [0.1, 0.15) is 11.9 Å². The summed E-state index contributed by atoms with van der Waals surface area (Å²) >= 11 is 0. The van der Waals surface area contributed by atoms with E-state index >= 15 is 0 Å². The van der Waals surface area contributed by atoms with E-state index in [1.807, 2.05) is 18.3 Å². The zero-order chi connectivity index (χ0) is 18.9. The minimum absolute atomic E-state index is 0.0868. The number of fused-ring (bicyclic) bond motifs is 3. The van der Waals surface area contributed by atoms with E-state index in [1.54, 1.807) is 0 Å². The van der Waals surface area contributed by atoms with E-state index in [4.69, 9.17) is 9.72 Å². The Morgan fingerprint density at radius 1 is 1.14 bits per heavy atom. The summed E-state index contributed by atoms with van der Waals surface area (Å²) in [5.74, 6) is 1.50. The second-order valence-corrected chi connectivity index (χ2v) is 7.38. The van der Waals surface area contributed by atoms with Crippen LogP contribution in [0.4, 0.5) is 23.1 Å². The number of rotatable bonds is 3. The summed E-state index contributed by atoms with van der Waals surface area (Å²) in [5, 5.41) is 6.28. The van der Waals surface area contributed by atoms with Gasteiger partial charge in [0.2, 0.25) is 11.9 Å². The monoisotopic (exact) mass is 380 g/mol. The van der Waals surface area contributed by atoms with Crippen LogP contribution in [-0.2, 0) is 16.1 Å². The summed E-state index contributed by atoms with van der Waals surface area (Å²) in [6.07, 6.45) is 3.70. The highest BCUT2D eigenvalue weighted by molar-refractivity contribution is 5.87. The third kappa shape index (κ3) is 3.24. The topological polar surface area (TPSA) is 82.6 Å². The molecule has 4 heterocycles. The van der Waals surface area contributed by atoms with Crippen LogP contribution < -0.4 is 20.4 Å². The Morgan fingerprint density at radius 3 is 2.79 bits per heavy atom. The quantitative estimate of drug-likeness (QED) is 0.838. The molecule has 2 N–H and O–H groups in total. The second kappa shape index (κ2) is 7.27. The van der Waals surface area contributed by atoms with Gasteiger partial charge < -0.3 is 25.2 Å². The van der Waals surface area contributed by atoms with Crippen molar-refractivity contribution in [3.63, 3.8) is 0 Å². The molecule has 5 rings (SSSR count). The van der Waals surface area contributed by atoms with Crippen LogP contribution in [0.1, 0.15) is 18.4 Å². The lowest BCUT2D eigenvalue weighted by Crippen LogP contribution is -2.40. The zero-order valence-corrected chi connectivity index (χ0v) is 15.7. The fraction of sp³-hybridized carbons (Fsp3) is 0.450. The van der Waals surface area contributed by atoms with Gasteiger partial charge >= 0.3 is 0 Å². The van der Waals surface area contributed by atoms with Gasteiger partial charge in [0.05, 0.1) is 13.2 Å². The van der Waals surface area contributed by atoms with Crippen LogP contribution in [0.5, 0.6) is 0 Å². The molecule has 146 valence electrons. The van der Waals surface area contributed by atoms with Crippen LogP contribution in [0.15, 0.2) is 30.5 Å². The van der Waals surface area contributed by atoms with E-state index in [2.05, 4.69) is 37.6 Å². The number of morpholine rings is 1. The Kier molecular flexibility index (Phi) is 4.48. The molecule has 1 aromatic heterocycles. The zero-order valence-electron chi connectivity index (χ0n) is 15.7. The minimum Gasteiger partial charge on any atom is -0.378 e. The van der Waals surface area contributed by atoms with Gasteiger partial charge in [0, 0.05) is 49.3 Å². The van der Waals surface area contributed by atoms with Crippen molar-refractivity contribution in [2.45, 2.75) is 25.4 Å². The number of nitrogens with one attached hydrogen (secondary N) is 2. The first-order valence-electron chi connectivity index (χ1n) is 9.88. The molecular formula is C20H24N6O2. The number of ether oxygens (including phenoxy) is 1.